The maximum absolute atomic E-state index is 5.41. The minimum Gasteiger partial charge on any atom is -0.0312 e. The molecule has 2 rings (SSSR count). The average molecular weight is 422 g/mol. The molecule has 0 N–H and O–H groups in total. The number of nitrogens with zero attached hydrogens (tertiary/aromatic N) is 1. The summed E-state index contributed by atoms with van der Waals surface area (Å²) in [5.74, 6) is 1.48. The molecular weight excluding hydrogens is 393 g/mol. The predicted octanol–water partition coefficient (Wildman–Crippen LogP) is 3.24. The van der Waals surface area contributed by atoms with Crippen LogP contribution in [0.4, 0.5) is 0 Å². The smallest absolute Gasteiger partial charge is 0.0312 e. The van der Waals surface area contributed by atoms with Crippen molar-refractivity contribution in [3.05, 3.63) is 62.1 Å². The molecule has 0 aromatic rings. The van der Waals surface area contributed by atoms with Crippen LogP contribution in [0.25, 0.3) is 0 Å². The van der Waals surface area contributed by atoms with E-state index in [-0.39, 0.29) is 17.1 Å². The van der Waals surface area contributed by atoms with Gasteiger partial charge in [0.2, 0.25) is 0 Å². The molecular formula is C19H29FeNOSe+2. The molecule has 2 fully saturated rings. The molecule has 0 aromatic heterocycles. The second kappa shape index (κ2) is 13.2. The van der Waals surface area contributed by atoms with Crippen molar-refractivity contribution in [1.82, 2.24) is 4.90 Å². The molecule has 3 atom stereocenters. The first-order chi connectivity index (χ1) is 10.5. The molecule has 4 heteroatoms. The second-order valence-electron chi connectivity index (χ2n) is 5.71. The van der Waals surface area contributed by atoms with E-state index in [0.29, 0.717) is 31.9 Å². The van der Waals surface area contributed by atoms with E-state index in [1.54, 1.807) is 7.11 Å². The van der Waals surface area contributed by atoms with E-state index in [1.165, 1.54) is 10.7 Å². The summed E-state index contributed by atoms with van der Waals surface area (Å²) in [4.78, 5) is 4.40. The van der Waals surface area contributed by atoms with Crippen LogP contribution >= 0.6 is 0 Å². The molecule has 2 aliphatic carbocycles. The number of hydrogen-bond acceptors (Lipinski definition) is 2. The van der Waals surface area contributed by atoms with E-state index < -0.39 is 0 Å². The molecule has 0 saturated heterocycles. The summed E-state index contributed by atoms with van der Waals surface area (Å²) in [7, 11) is 6.07. The number of hydrogen-bond donors (Lipinski definition) is 0. The van der Waals surface area contributed by atoms with Crippen molar-refractivity contribution in [2.45, 2.75) is 37.7 Å². The van der Waals surface area contributed by atoms with E-state index in [9.17, 15) is 0 Å². The van der Waals surface area contributed by atoms with Gasteiger partial charge in [-0.25, -0.2) is 0 Å². The summed E-state index contributed by atoms with van der Waals surface area (Å²) in [6.07, 6.45) is 17.0. The van der Waals surface area contributed by atoms with Gasteiger partial charge in [-0.05, 0) is 32.1 Å². The first-order valence-electron chi connectivity index (χ1n) is 7.75. The van der Waals surface area contributed by atoms with Crippen molar-refractivity contribution in [2.75, 3.05) is 21.2 Å². The Labute approximate surface area is 162 Å². The summed E-state index contributed by atoms with van der Waals surface area (Å²) in [6.45, 7) is 6.70. The van der Waals surface area contributed by atoms with E-state index in [2.05, 4.69) is 59.0 Å². The van der Waals surface area contributed by atoms with Gasteiger partial charge in [-0.2, -0.15) is 0 Å². The Morgan fingerprint density at radius 3 is 1.87 bits per heavy atom. The Bertz CT molecular complexity index is 279. The molecule has 0 unspecified atom stereocenters. The molecule has 23 heavy (non-hydrogen) atoms. The van der Waals surface area contributed by atoms with Crippen molar-refractivity contribution >= 4 is 15.0 Å². The molecule has 0 bridgehead atoms. The molecule has 128 valence electrons. The molecule has 0 aliphatic heterocycles. The van der Waals surface area contributed by atoms with Gasteiger partial charge in [0.05, 0.1) is 0 Å². The molecule has 0 amide bonds. The van der Waals surface area contributed by atoms with Crippen LogP contribution < -0.4 is 0 Å². The van der Waals surface area contributed by atoms with Crippen LogP contribution in [0.5, 0.6) is 0 Å². The minimum absolute atomic E-state index is 0. The van der Waals surface area contributed by atoms with Crippen LogP contribution in [-0.4, -0.2) is 53.2 Å². The normalized spacial score (nSPS) is 23.1. The van der Waals surface area contributed by atoms with Gasteiger partial charge in [0.1, 0.15) is 0 Å². The van der Waals surface area contributed by atoms with Crippen LogP contribution in [0.3, 0.4) is 0 Å². The minimum atomic E-state index is 0. The van der Waals surface area contributed by atoms with Crippen LogP contribution in [0.2, 0.25) is 4.82 Å². The van der Waals surface area contributed by atoms with E-state index in [4.69, 9.17) is 4.74 Å². The van der Waals surface area contributed by atoms with Crippen molar-refractivity contribution < 1.29 is 21.8 Å². The zero-order chi connectivity index (χ0) is 16.5. The van der Waals surface area contributed by atoms with Gasteiger partial charge in [0.25, 0.3) is 0 Å². The van der Waals surface area contributed by atoms with Gasteiger partial charge in [0.15, 0.2) is 0 Å². The Morgan fingerprint density at radius 1 is 0.913 bits per heavy atom. The fraction of sp³-hybridized carbons (Fsp3) is 0.474. The monoisotopic (exact) mass is 423 g/mol. The first kappa shape index (κ1) is 24.0. The van der Waals surface area contributed by atoms with E-state index >= 15 is 0 Å². The molecule has 0 aromatic carbocycles. The predicted molar refractivity (Wildman–Crippen MR) is 95.7 cm³/mol. The summed E-state index contributed by atoms with van der Waals surface area (Å²) in [5, 5.41) is 0. The van der Waals surface area contributed by atoms with E-state index in [0.717, 1.165) is 0 Å². The largest absolute Gasteiger partial charge is 2.00 e. The third kappa shape index (κ3) is 8.75. The summed E-state index contributed by atoms with van der Waals surface area (Å²) in [6, 6.07) is 0.493. The standard InChI is InChI=1S/C14H24NOSe.C5H5.Fe/c1-10(15(4)5)13-8-7-9-14(13)17-12(3)11(2)16-6;1-2-4-5-3-1;/h7-12H,1-6H3;1-5H;/q;;+2/t10-,11-,12+;;/m1../s1. The quantitative estimate of drug-likeness (QED) is 0.610. The number of rotatable bonds is 6. The van der Waals surface area contributed by atoms with Gasteiger partial charge in [0, 0.05) is 0 Å². The van der Waals surface area contributed by atoms with Crippen LogP contribution in [0.1, 0.15) is 20.8 Å². The third-order valence-electron chi connectivity index (χ3n) is 3.93. The fourth-order valence-corrected chi connectivity index (χ4v) is 4.55. The van der Waals surface area contributed by atoms with Gasteiger partial charge in [-0.1, -0.05) is 0 Å². The van der Waals surface area contributed by atoms with Crippen molar-refractivity contribution in [1.29, 1.82) is 0 Å². The van der Waals surface area contributed by atoms with Crippen LogP contribution in [0.15, 0.2) is 0 Å². The van der Waals surface area contributed by atoms with Gasteiger partial charge in [-0.3, -0.25) is 0 Å². The van der Waals surface area contributed by atoms with E-state index in [1.807, 2.05) is 32.1 Å². The Morgan fingerprint density at radius 2 is 1.43 bits per heavy atom. The summed E-state index contributed by atoms with van der Waals surface area (Å²) >= 11 is 0.485. The molecule has 2 aliphatic rings. The van der Waals surface area contributed by atoms with Crippen LogP contribution in [0, 0.1) is 62.1 Å². The molecule has 2 nitrogen and oxygen atoms in total. The first-order valence-corrected chi connectivity index (χ1v) is 9.60. The zero-order valence-electron chi connectivity index (χ0n) is 15.0. The van der Waals surface area contributed by atoms with Gasteiger partial charge >= 0.3 is 131 Å². The Kier molecular flexibility index (Phi) is 13.8. The van der Waals surface area contributed by atoms with Gasteiger partial charge in [-0.15, -0.1) is 0 Å². The summed E-state index contributed by atoms with van der Waals surface area (Å²) < 4.78 is 5.41. The summed E-state index contributed by atoms with van der Waals surface area (Å²) in [5.41, 5.74) is 0. The SMILES string of the molecule is CO[C@H](C)[C@H](C)[Se][C]1[CH][CH][CH][C]1[C@@H](C)N(C)C.[CH]1[CH][CH][CH][CH]1.[Fe+2]. The second-order valence-corrected chi connectivity index (χ2v) is 8.69. The topological polar surface area (TPSA) is 12.5 Å². The van der Waals surface area contributed by atoms with Crippen molar-refractivity contribution in [3.63, 3.8) is 0 Å². The van der Waals surface area contributed by atoms with Crippen molar-refractivity contribution in [3.8, 4) is 0 Å². The van der Waals surface area contributed by atoms with Gasteiger partial charge < -0.3 is 0 Å². The fourth-order valence-electron chi connectivity index (χ4n) is 1.96. The molecule has 2 saturated carbocycles. The van der Waals surface area contributed by atoms with Crippen LogP contribution in [-0.2, 0) is 21.8 Å². The Hall–Kier alpha value is 0.959. The third-order valence-corrected chi connectivity index (χ3v) is 6.83. The molecule has 10 radical (unpaired) electrons. The maximum Gasteiger partial charge on any atom is 2.00 e. The maximum atomic E-state index is 5.41. The number of methoxy groups -OCH3 is 1. The average Bonchev–Trinajstić information content (AvgIpc) is 3.19. The zero-order valence-corrected chi connectivity index (χ0v) is 17.8. The Balaban J connectivity index is 0.000000684. The van der Waals surface area contributed by atoms with Crippen molar-refractivity contribution in [2.24, 2.45) is 0 Å². The number of ether oxygens (including phenoxy) is 1. The molecule has 0 spiro atoms. The molecule has 0 heterocycles.